The molecule has 7 aromatic carbocycles. The maximum atomic E-state index is 14.5. The predicted octanol–water partition coefficient (Wildman–Crippen LogP) is 10.1. The molecule has 0 aliphatic rings. The fourth-order valence-corrected chi connectivity index (χ4v) is 8.60. The van der Waals surface area contributed by atoms with Gasteiger partial charge in [-0.2, -0.15) is 0 Å². The normalized spacial score (nSPS) is 11.3. The van der Waals surface area contributed by atoms with Crippen molar-refractivity contribution in [2.24, 2.45) is 0 Å². The monoisotopic (exact) mass is 814 g/mol. The zero-order valence-corrected chi connectivity index (χ0v) is 33.5. The van der Waals surface area contributed by atoms with Crippen molar-refractivity contribution in [3.63, 3.8) is 0 Å². The Balaban J connectivity index is 1.10. The average molecular weight is 815 g/mol. The number of furan rings is 1. The van der Waals surface area contributed by atoms with Crippen molar-refractivity contribution < 1.29 is 31.9 Å². The van der Waals surface area contributed by atoms with E-state index >= 15 is 0 Å². The van der Waals surface area contributed by atoms with Gasteiger partial charge in [0.1, 0.15) is 35.9 Å². The number of amides is 1. The van der Waals surface area contributed by atoms with Crippen LogP contribution >= 0.6 is 0 Å². The van der Waals surface area contributed by atoms with Gasteiger partial charge in [0.2, 0.25) is 10.0 Å². The standard InChI is InChI=1S/C50H42N2O7S/c53-46(34-51(50(54)40-21-11-4-12-22-40)29-30-57-42-26-27-44-43-23-13-14-24-47(43)59-49(44)32-42)41-25-28-48(58-35-38-17-7-2-8-18-38)45(31-41)52(33-37-15-5-1-6-16-37)60(55,56)36-39-19-9-3-10-20-39/h1-28,31-32H,29-30,33-36H2. The number of hydrogen-bond donors (Lipinski definition) is 0. The highest BCUT2D eigenvalue weighted by Gasteiger charge is 2.28. The first-order chi connectivity index (χ1) is 29.3. The predicted molar refractivity (Wildman–Crippen MR) is 235 cm³/mol. The molecular weight excluding hydrogens is 773 g/mol. The van der Waals surface area contributed by atoms with Crippen LogP contribution in [0.15, 0.2) is 186 Å². The van der Waals surface area contributed by atoms with Crippen molar-refractivity contribution in [1.82, 2.24) is 4.90 Å². The van der Waals surface area contributed by atoms with E-state index in [0.29, 0.717) is 22.5 Å². The van der Waals surface area contributed by atoms with Gasteiger partial charge < -0.3 is 18.8 Å². The summed E-state index contributed by atoms with van der Waals surface area (Å²) >= 11 is 0. The topological polar surface area (TPSA) is 106 Å². The van der Waals surface area contributed by atoms with E-state index in [1.807, 2.05) is 115 Å². The molecule has 0 spiro atoms. The Kier molecular flexibility index (Phi) is 12.0. The van der Waals surface area contributed by atoms with Crippen molar-refractivity contribution in [2.75, 3.05) is 24.0 Å². The summed E-state index contributed by atoms with van der Waals surface area (Å²) in [6.07, 6.45) is 0. The SMILES string of the molecule is O=C(CN(CCOc1ccc2c(c1)oc1ccccc12)C(=O)c1ccccc1)c1ccc(OCc2ccccc2)c(N(Cc2ccccc2)S(=O)(=O)Cc2ccccc2)c1. The van der Waals surface area contributed by atoms with Gasteiger partial charge in [-0.25, -0.2) is 8.42 Å². The minimum Gasteiger partial charge on any atom is -0.492 e. The molecule has 0 unspecified atom stereocenters. The van der Waals surface area contributed by atoms with E-state index in [-0.39, 0.29) is 67.3 Å². The Morgan fingerprint density at radius 1 is 0.567 bits per heavy atom. The zero-order chi connectivity index (χ0) is 41.3. The first kappa shape index (κ1) is 39.6. The molecule has 1 amide bonds. The maximum Gasteiger partial charge on any atom is 0.254 e. The molecule has 8 rings (SSSR count). The third-order valence-electron chi connectivity index (χ3n) is 10.1. The Hall–Kier alpha value is -7.17. The molecule has 0 saturated carbocycles. The van der Waals surface area contributed by atoms with Gasteiger partial charge in [0, 0.05) is 28.0 Å². The van der Waals surface area contributed by atoms with Gasteiger partial charge in [-0.1, -0.05) is 127 Å². The van der Waals surface area contributed by atoms with E-state index in [1.165, 1.54) is 9.21 Å². The van der Waals surface area contributed by atoms with Crippen LogP contribution in [0.3, 0.4) is 0 Å². The number of benzene rings is 7. The maximum absolute atomic E-state index is 14.5. The molecule has 0 atom stereocenters. The lowest BCUT2D eigenvalue weighted by atomic mass is 10.1. The molecule has 60 heavy (non-hydrogen) atoms. The quantitative estimate of drug-likeness (QED) is 0.0843. The minimum absolute atomic E-state index is 0.00880. The van der Waals surface area contributed by atoms with E-state index in [0.717, 1.165) is 27.5 Å². The van der Waals surface area contributed by atoms with E-state index in [2.05, 4.69) is 0 Å². The number of ketones is 1. The molecule has 0 radical (unpaired) electrons. The number of para-hydroxylation sites is 1. The molecule has 0 bridgehead atoms. The third kappa shape index (κ3) is 9.41. The van der Waals surface area contributed by atoms with Crippen molar-refractivity contribution in [3.8, 4) is 11.5 Å². The number of Topliss-reactive ketones (excluding diaryl/α,β-unsaturated/α-hetero) is 1. The Labute approximate surface area is 349 Å². The Morgan fingerprint density at radius 3 is 1.90 bits per heavy atom. The van der Waals surface area contributed by atoms with Gasteiger partial charge in [-0.3, -0.25) is 13.9 Å². The van der Waals surface area contributed by atoms with Crippen LogP contribution in [0.5, 0.6) is 11.5 Å². The fourth-order valence-electron chi connectivity index (χ4n) is 7.04. The van der Waals surface area contributed by atoms with E-state index in [4.69, 9.17) is 13.9 Å². The largest absolute Gasteiger partial charge is 0.492 e. The summed E-state index contributed by atoms with van der Waals surface area (Å²) in [6.45, 7) is 0.0532. The van der Waals surface area contributed by atoms with Crippen LogP contribution in [0.4, 0.5) is 5.69 Å². The third-order valence-corrected chi connectivity index (χ3v) is 11.8. The van der Waals surface area contributed by atoms with E-state index in [9.17, 15) is 18.0 Å². The summed E-state index contributed by atoms with van der Waals surface area (Å²) in [7, 11) is -4.05. The molecule has 0 saturated heterocycles. The van der Waals surface area contributed by atoms with E-state index in [1.54, 1.807) is 66.7 Å². The molecule has 0 N–H and O–H groups in total. The second-order valence-corrected chi connectivity index (χ2v) is 16.2. The lowest BCUT2D eigenvalue weighted by Gasteiger charge is -2.28. The Bertz CT molecular complexity index is 2830. The van der Waals surface area contributed by atoms with Crippen LogP contribution in [0.2, 0.25) is 0 Å². The summed E-state index contributed by atoms with van der Waals surface area (Å²) in [5, 5.41) is 1.98. The summed E-state index contributed by atoms with van der Waals surface area (Å²) in [5.41, 5.74) is 4.55. The molecule has 0 fully saturated rings. The number of anilines is 1. The van der Waals surface area contributed by atoms with Gasteiger partial charge in [0.05, 0.1) is 31.1 Å². The van der Waals surface area contributed by atoms with Crippen LogP contribution in [0.25, 0.3) is 21.9 Å². The number of fused-ring (bicyclic) bond motifs is 3. The van der Waals surface area contributed by atoms with Crippen LogP contribution in [0, 0.1) is 0 Å². The molecule has 9 nitrogen and oxygen atoms in total. The molecular formula is C50H42N2O7S. The highest BCUT2D eigenvalue weighted by Crippen LogP contribution is 2.35. The summed E-state index contributed by atoms with van der Waals surface area (Å²) in [4.78, 5) is 29.8. The van der Waals surface area contributed by atoms with Crippen LogP contribution in [-0.4, -0.2) is 44.7 Å². The first-order valence-electron chi connectivity index (χ1n) is 19.6. The Morgan fingerprint density at radius 2 is 1.18 bits per heavy atom. The van der Waals surface area contributed by atoms with Crippen molar-refractivity contribution >= 4 is 49.3 Å². The number of sulfonamides is 1. The van der Waals surface area contributed by atoms with Crippen LogP contribution < -0.4 is 13.8 Å². The molecule has 8 aromatic rings. The number of rotatable bonds is 17. The number of hydrogen-bond acceptors (Lipinski definition) is 7. The number of ether oxygens (including phenoxy) is 2. The van der Waals surface area contributed by atoms with Gasteiger partial charge in [-0.05, 0) is 65.2 Å². The summed E-state index contributed by atoms with van der Waals surface area (Å²) in [5.74, 6) is -0.168. The van der Waals surface area contributed by atoms with Gasteiger partial charge in [0.25, 0.3) is 5.91 Å². The first-order valence-corrected chi connectivity index (χ1v) is 21.2. The molecule has 10 heteroatoms. The van der Waals surface area contributed by atoms with E-state index < -0.39 is 10.0 Å². The molecule has 0 aliphatic heterocycles. The lowest BCUT2D eigenvalue weighted by Crippen LogP contribution is -2.38. The number of carbonyl (C=O) groups excluding carboxylic acids is 2. The van der Waals surface area contributed by atoms with Crippen molar-refractivity contribution in [2.45, 2.75) is 18.9 Å². The number of nitrogens with zero attached hydrogens (tertiary/aromatic N) is 2. The van der Waals surface area contributed by atoms with Gasteiger partial charge >= 0.3 is 0 Å². The highest BCUT2D eigenvalue weighted by atomic mass is 32.2. The average Bonchev–Trinajstić information content (AvgIpc) is 3.66. The van der Waals surface area contributed by atoms with Crippen LogP contribution in [-0.2, 0) is 28.9 Å². The molecule has 1 heterocycles. The summed E-state index contributed by atoms with van der Waals surface area (Å²) in [6, 6.07) is 54.8. The van der Waals surface area contributed by atoms with Crippen LogP contribution in [0.1, 0.15) is 37.4 Å². The second-order valence-electron chi connectivity index (χ2n) is 14.3. The van der Waals surface area contributed by atoms with Gasteiger partial charge in [-0.15, -0.1) is 0 Å². The fraction of sp³-hybridized carbons (Fsp3) is 0.120. The van der Waals surface area contributed by atoms with Crippen molar-refractivity contribution in [1.29, 1.82) is 0 Å². The molecule has 1 aromatic heterocycles. The second kappa shape index (κ2) is 18.2. The zero-order valence-electron chi connectivity index (χ0n) is 32.7. The molecule has 300 valence electrons. The molecule has 0 aliphatic carbocycles. The van der Waals surface area contributed by atoms with Crippen molar-refractivity contribution in [3.05, 3.63) is 210 Å². The number of carbonyl (C=O) groups is 2. The van der Waals surface area contributed by atoms with Gasteiger partial charge in [0.15, 0.2) is 5.78 Å². The lowest BCUT2D eigenvalue weighted by molar-refractivity contribution is 0.0686. The minimum atomic E-state index is -4.05. The summed E-state index contributed by atoms with van der Waals surface area (Å²) < 4.78 is 48.8. The smallest absolute Gasteiger partial charge is 0.254 e. The highest BCUT2D eigenvalue weighted by molar-refractivity contribution is 7.92.